The molecule has 0 atom stereocenters. The fraction of sp³-hybridized carbons (Fsp3) is 0.522. The Hall–Kier alpha value is -2.38. The molecular formula is C23H31ClN6O. The molecule has 8 heteroatoms. The van der Waals surface area contributed by atoms with Crippen molar-refractivity contribution in [3.05, 3.63) is 42.2 Å². The Morgan fingerprint density at radius 3 is 2.45 bits per heavy atom. The van der Waals surface area contributed by atoms with Gasteiger partial charge in [-0.15, -0.1) is 12.4 Å². The summed E-state index contributed by atoms with van der Waals surface area (Å²) >= 11 is 0. The Labute approximate surface area is 189 Å². The molecule has 2 aromatic heterocycles. The molecule has 2 fully saturated rings. The molecule has 0 bridgehead atoms. The summed E-state index contributed by atoms with van der Waals surface area (Å²) in [6.07, 6.45) is 10.2. The number of nitrogens with one attached hydrogen (secondary N) is 2. The molecule has 0 aliphatic heterocycles. The zero-order valence-electron chi connectivity index (χ0n) is 17.7. The summed E-state index contributed by atoms with van der Waals surface area (Å²) in [6, 6.07) is 11.1. The highest BCUT2D eigenvalue weighted by molar-refractivity contribution is 5.85. The van der Waals surface area contributed by atoms with E-state index in [4.69, 9.17) is 9.97 Å². The Kier molecular flexibility index (Phi) is 6.92. The van der Waals surface area contributed by atoms with E-state index in [2.05, 4.69) is 32.3 Å². The number of halogens is 1. The maximum atomic E-state index is 9.81. The summed E-state index contributed by atoms with van der Waals surface area (Å²) < 4.78 is 2.24. The zero-order valence-corrected chi connectivity index (χ0v) is 18.5. The summed E-state index contributed by atoms with van der Waals surface area (Å²) in [5.41, 5.74) is 2.95. The van der Waals surface area contributed by atoms with Crippen LogP contribution in [0, 0.1) is 0 Å². The van der Waals surface area contributed by atoms with Crippen molar-refractivity contribution in [2.45, 2.75) is 76.1 Å². The second-order valence-corrected chi connectivity index (χ2v) is 8.65. The third kappa shape index (κ3) is 4.93. The number of aliphatic hydroxyl groups excluding tert-OH is 1. The third-order valence-electron chi connectivity index (χ3n) is 6.47. The first-order valence-electron chi connectivity index (χ1n) is 11.2. The van der Waals surface area contributed by atoms with Gasteiger partial charge in [0.1, 0.15) is 0 Å². The van der Waals surface area contributed by atoms with Crippen LogP contribution in [0.4, 0.5) is 11.8 Å². The van der Waals surface area contributed by atoms with Crippen molar-refractivity contribution in [2.75, 3.05) is 10.6 Å². The van der Waals surface area contributed by atoms with Crippen molar-refractivity contribution >= 4 is 35.3 Å². The third-order valence-corrected chi connectivity index (χ3v) is 6.47. The Bertz CT molecular complexity index is 980. The van der Waals surface area contributed by atoms with Crippen LogP contribution in [0.2, 0.25) is 0 Å². The van der Waals surface area contributed by atoms with Gasteiger partial charge < -0.3 is 20.3 Å². The maximum Gasteiger partial charge on any atom is 0.227 e. The molecule has 3 aromatic rings. The fourth-order valence-electron chi connectivity index (χ4n) is 4.74. The van der Waals surface area contributed by atoms with E-state index in [1.807, 2.05) is 24.5 Å². The van der Waals surface area contributed by atoms with E-state index in [9.17, 15) is 5.11 Å². The number of hydrogen-bond acceptors (Lipinski definition) is 6. The first kappa shape index (κ1) is 21.8. The van der Waals surface area contributed by atoms with E-state index < -0.39 is 0 Å². The normalized spacial score (nSPS) is 21.7. The standard InChI is InChI=1S/C23H30N6O.ClH/c30-19-12-10-17(11-13-19)26-23-27-21(24-14-16-6-2-1-3-7-16)20-22(28-23)29(15-25-20)18-8-4-5-9-18;/h1-3,6-7,15,17-19,30H,4-5,8-14H2,(H2,24,26,27,28);1H/t17-,19-;. The van der Waals surface area contributed by atoms with Gasteiger partial charge in [0, 0.05) is 18.6 Å². The van der Waals surface area contributed by atoms with Crippen molar-refractivity contribution in [2.24, 2.45) is 0 Å². The predicted octanol–water partition coefficient (Wildman–Crippen LogP) is 4.69. The predicted molar refractivity (Wildman–Crippen MR) is 126 cm³/mol. The van der Waals surface area contributed by atoms with Gasteiger partial charge in [-0.05, 0) is 44.1 Å². The van der Waals surface area contributed by atoms with Gasteiger partial charge in [-0.3, -0.25) is 0 Å². The zero-order chi connectivity index (χ0) is 20.3. The molecule has 7 nitrogen and oxygen atoms in total. The molecule has 3 N–H and O–H groups in total. The van der Waals surface area contributed by atoms with Gasteiger partial charge in [0.2, 0.25) is 5.95 Å². The number of rotatable bonds is 6. The van der Waals surface area contributed by atoms with Crippen molar-refractivity contribution in [1.29, 1.82) is 0 Å². The highest BCUT2D eigenvalue weighted by Crippen LogP contribution is 2.33. The molecule has 0 unspecified atom stereocenters. The van der Waals surface area contributed by atoms with E-state index in [0.29, 0.717) is 24.6 Å². The number of benzene rings is 1. The molecule has 166 valence electrons. The molecule has 0 saturated heterocycles. The summed E-state index contributed by atoms with van der Waals surface area (Å²) in [5.74, 6) is 1.43. The van der Waals surface area contributed by atoms with Crippen LogP contribution in [0.1, 0.15) is 63.0 Å². The number of imidazole rings is 1. The lowest BCUT2D eigenvalue weighted by molar-refractivity contribution is 0.126. The summed E-state index contributed by atoms with van der Waals surface area (Å²) in [6.45, 7) is 0.693. The number of anilines is 2. The van der Waals surface area contributed by atoms with Gasteiger partial charge in [-0.1, -0.05) is 43.2 Å². The van der Waals surface area contributed by atoms with E-state index in [1.54, 1.807) is 0 Å². The van der Waals surface area contributed by atoms with Crippen LogP contribution in [0.5, 0.6) is 0 Å². The monoisotopic (exact) mass is 442 g/mol. The summed E-state index contributed by atoms with van der Waals surface area (Å²) in [7, 11) is 0. The van der Waals surface area contributed by atoms with E-state index in [1.165, 1.54) is 31.2 Å². The van der Waals surface area contributed by atoms with Crippen LogP contribution in [0.25, 0.3) is 11.2 Å². The SMILES string of the molecule is Cl.O[C@H]1CC[C@H](Nc2nc(NCc3ccccc3)c3ncn(C4CCCC4)c3n2)CC1. The highest BCUT2D eigenvalue weighted by Gasteiger charge is 2.24. The summed E-state index contributed by atoms with van der Waals surface area (Å²) in [4.78, 5) is 14.4. The average Bonchev–Trinajstić information content (AvgIpc) is 3.44. The lowest BCUT2D eigenvalue weighted by atomic mass is 9.93. The quantitative estimate of drug-likeness (QED) is 0.513. The lowest BCUT2D eigenvalue weighted by Crippen LogP contribution is -2.29. The van der Waals surface area contributed by atoms with Crippen molar-refractivity contribution in [3.63, 3.8) is 0 Å². The number of aliphatic hydroxyl groups is 1. The van der Waals surface area contributed by atoms with Crippen LogP contribution in [0.3, 0.4) is 0 Å². The topological polar surface area (TPSA) is 87.9 Å². The van der Waals surface area contributed by atoms with Crippen molar-refractivity contribution < 1.29 is 5.11 Å². The van der Waals surface area contributed by atoms with Gasteiger partial charge in [0.25, 0.3) is 0 Å². The fourth-order valence-corrected chi connectivity index (χ4v) is 4.74. The van der Waals surface area contributed by atoms with Crippen LogP contribution in [-0.4, -0.2) is 36.8 Å². The molecule has 0 radical (unpaired) electrons. The molecule has 2 heterocycles. The van der Waals surface area contributed by atoms with Crippen LogP contribution < -0.4 is 10.6 Å². The van der Waals surface area contributed by atoms with Gasteiger partial charge >= 0.3 is 0 Å². The molecule has 0 amide bonds. The second-order valence-electron chi connectivity index (χ2n) is 8.65. The Morgan fingerprint density at radius 2 is 1.71 bits per heavy atom. The minimum absolute atomic E-state index is 0. The minimum atomic E-state index is -0.168. The van der Waals surface area contributed by atoms with Crippen molar-refractivity contribution in [1.82, 2.24) is 19.5 Å². The molecule has 5 rings (SSSR count). The van der Waals surface area contributed by atoms with Gasteiger partial charge in [-0.25, -0.2) is 4.98 Å². The molecule has 1 aromatic carbocycles. The maximum absolute atomic E-state index is 9.81. The molecule has 0 spiro atoms. The van der Waals surface area contributed by atoms with E-state index >= 15 is 0 Å². The molecule has 31 heavy (non-hydrogen) atoms. The van der Waals surface area contributed by atoms with Crippen molar-refractivity contribution in [3.8, 4) is 0 Å². The number of hydrogen-bond donors (Lipinski definition) is 3. The minimum Gasteiger partial charge on any atom is -0.393 e. The van der Waals surface area contributed by atoms with Gasteiger partial charge in [0.05, 0.1) is 12.4 Å². The van der Waals surface area contributed by atoms with Gasteiger partial charge in [0.15, 0.2) is 17.0 Å². The summed E-state index contributed by atoms with van der Waals surface area (Å²) in [5, 5.41) is 16.8. The largest absolute Gasteiger partial charge is 0.393 e. The average molecular weight is 443 g/mol. The number of fused-ring (bicyclic) bond motifs is 1. The first-order valence-corrected chi connectivity index (χ1v) is 11.2. The molecule has 2 aliphatic rings. The second kappa shape index (κ2) is 9.83. The number of aromatic nitrogens is 4. The Balaban J connectivity index is 0.00000231. The lowest BCUT2D eigenvalue weighted by Gasteiger charge is -2.26. The van der Waals surface area contributed by atoms with E-state index in [-0.39, 0.29) is 18.5 Å². The van der Waals surface area contributed by atoms with Crippen LogP contribution in [-0.2, 0) is 6.54 Å². The Morgan fingerprint density at radius 1 is 0.968 bits per heavy atom. The van der Waals surface area contributed by atoms with Crippen LogP contribution in [0.15, 0.2) is 36.7 Å². The number of nitrogens with zero attached hydrogens (tertiary/aromatic N) is 4. The molecular weight excluding hydrogens is 412 g/mol. The smallest absolute Gasteiger partial charge is 0.227 e. The first-order chi connectivity index (χ1) is 14.8. The highest BCUT2D eigenvalue weighted by atomic mass is 35.5. The van der Waals surface area contributed by atoms with Crippen LogP contribution >= 0.6 is 12.4 Å². The molecule has 2 saturated carbocycles. The molecule has 2 aliphatic carbocycles. The van der Waals surface area contributed by atoms with Gasteiger partial charge in [-0.2, -0.15) is 9.97 Å². The van der Waals surface area contributed by atoms with E-state index in [0.717, 1.165) is 42.7 Å².